The summed E-state index contributed by atoms with van der Waals surface area (Å²) in [5.74, 6) is 0.622. The quantitative estimate of drug-likeness (QED) is 0.731. The Balaban J connectivity index is 1.62. The van der Waals surface area contributed by atoms with Crippen molar-refractivity contribution in [3.8, 4) is 11.3 Å². The van der Waals surface area contributed by atoms with E-state index in [1.165, 1.54) is 11.6 Å². The van der Waals surface area contributed by atoms with E-state index in [0.29, 0.717) is 11.3 Å². The first-order chi connectivity index (χ1) is 11.3. The molecule has 0 amide bonds. The first-order valence-corrected chi connectivity index (χ1v) is 7.80. The average molecular weight is 308 g/mol. The van der Waals surface area contributed by atoms with Gasteiger partial charge in [-0.05, 0) is 17.7 Å². The van der Waals surface area contributed by atoms with Crippen LogP contribution in [0.5, 0.6) is 0 Å². The number of fused-ring (bicyclic) bond motifs is 1. The van der Waals surface area contributed by atoms with Crippen LogP contribution in [0.25, 0.3) is 11.3 Å². The second kappa shape index (κ2) is 5.97. The van der Waals surface area contributed by atoms with E-state index in [1.54, 1.807) is 12.1 Å². The predicted molar refractivity (Wildman–Crippen MR) is 86.2 cm³/mol. The Bertz CT molecular complexity index is 813. The molecule has 0 unspecified atom stereocenters. The van der Waals surface area contributed by atoms with Crippen LogP contribution in [0.4, 0.5) is 4.39 Å². The molecule has 1 aromatic heterocycles. The predicted octanol–water partition coefficient (Wildman–Crippen LogP) is 4.04. The van der Waals surface area contributed by atoms with Gasteiger partial charge in [0.05, 0.1) is 0 Å². The third-order valence-electron chi connectivity index (χ3n) is 4.28. The van der Waals surface area contributed by atoms with Gasteiger partial charge in [0.25, 0.3) is 0 Å². The van der Waals surface area contributed by atoms with Gasteiger partial charge in [0.15, 0.2) is 0 Å². The van der Waals surface area contributed by atoms with Crippen molar-refractivity contribution >= 4 is 0 Å². The highest BCUT2D eigenvalue weighted by molar-refractivity contribution is 5.64. The molecule has 0 N–H and O–H groups in total. The van der Waals surface area contributed by atoms with E-state index in [9.17, 15) is 4.39 Å². The molecule has 0 atom stereocenters. The van der Waals surface area contributed by atoms with Gasteiger partial charge in [0.1, 0.15) is 17.3 Å². The van der Waals surface area contributed by atoms with Gasteiger partial charge < -0.3 is 4.52 Å². The normalized spacial score (nSPS) is 14.7. The molecule has 0 bridgehead atoms. The molecular formula is C19H17FN2O. The summed E-state index contributed by atoms with van der Waals surface area (Å²) in [7, 11) is 0. The number of aromatic nitrogens is 1. The lowest BCUT2D eigenvalue weighted by Gasteiger charge is -2.26. The van der Waals surface area contributed by atoms with Crippen LogP contribution >= 0.6 is 0 Å². The lowest BCUT2D eigenvalue weighted by molar-refractivity contribution is 0.228. The SMILES string of the molecule is Fc1ccccc1-c1noc2c1CN(Cc1ccccc1)CC2. The van der Waals surface area contributed by atoms with Crippen molar-refractivity contribution in [2.24, 2.45) is 0 Å². The number of nitrogens with zero attached hydrogens (tertiary/aromatic N) is 2. The summed E-state index contributed by atoms with van der Waals surface area (Å²) in [6, 6.07) is 17.1. The zero-order valence-corrected chi connectivity index (χ0v) is 12.7. The van der Waals surface area contributed by atoms with Crippen molar-refractivity contribution in [3.05, 3.63) is 77.3 Å². The summed E-state index contributed by atoms with van der Waals surface area (Å²) in [5.41, 5.74) is 3.44. The topological polar surface area (TPSA) is 29.3 Å². The third-order valence-corrected chi connectivity index (χ3v) is 4.28. The van der Waals surface area contributed by atoms with Crippen molar-refractivity contribution in [1.29, 1.82) is 0 Å². The summed E-state index contributed by atoms with van der Waals surface area (Å²) in [4.78, 5) is 2.35. The largest absolute Gasteiger partial charge is 0.360 e. The fourth-order valence-corrected chi connectivity index (χ4v) is 3.11. The number of halogens is 1. The maximum absolute atomic E-state index is 14.1. The van der Waals surface area contributed by atoms with Gasteiger partial charge in [0.2, 0.25) is 0 Å². The molecule has 116 valence electrons. The smallest absolute Gasteiger partial charge is 0.143 e. The summed E-state index contributed by atoms with van der Waals surface area (Å²) in [5, 5.41) is 4.13. The molecule has 4 rings (SSSR count). The fourth-order valence-electron chi connectivity index (χ4n) is 3.11. The van der Waals surface area contributed by atoms with Crippen LogP contribution in [0.2, 0.25) is 0 Å². The van der Waals surface area contributed by atoms with Crippen LogP contribution in [-0.2, 0) is 19.5 Å². The van der Waals surface area contributed by atoms with Crippen molar-refractivity contribution < 1.29 is 8.91 Å². The number of rotatable bonds is 3. The van der Waals surface area contributed by atoms with Gasteiger partial charge in [-0.3, -0.25) is 4.90 Å². The van der Waals surface area contributed by atoms with Crippen LogP contribution < -0.4 is 0 Å². The van der Waals surface area contributed by atoms with E-state index in [0.717, 1.165) is 37.4 Å². The van der Waals surface area contributed by atoms with Crippen LogP contribution in [0.1, 0.15) is 16.9 Å². The van der Waals surface area contributed by atoms with E-state index in [2.05, 4.69) is 34.3 Å². The first kappa shape index (κ1) is 14.2. The third kappa shape index (κ3) is 2.78. The maximum Gasteiger partial charge on any atom is 0.143 e. The molecule has 2 aromatic carbocycles. The standard InChI is InChI=1S/C19H17FN2O/c20-17-9-5-4-8-15(17)19-16-13-22(11-10-18(16)23-21-19)12-14-6-2-1-3-7-14/h1-9H,10-13H2. The first-order valence-electron chi connectivity index (χ1n) is 7.80. The maximum atomic E-state index is 14.1. The Morgan fingerprint density at radius 1 is 1.04 bits per heavy atom. The minimum absolute atomic E-state index is 0.260. The Morgan fingerprint density at radius 3 is 2.65 bits per heavy atom. The van der Waals surface area contributed by atoms with Gasteiger partial charge in [0, 0.05) is 37.2 Å². The molecule has 23 heavy (non-hydrogen) atoms. The molecule has 3 nitrogen and oxygen atoms in total. The minimum Gasteiger partial charge on any atom is -0.360 e. The second-order valence-corrected chi connectivity index (χ2v) is 5.86. The molecule has 1 aliphatic rings. The summed E-state index contributed by atoms with van der Waals surface area (Å²) >= 11 is 0. The van der Waals surface area contributed by atoms with Gasteiger partial charge >= 0.3 is 0 Å². The van der Waals surface area contributed by atoms with Crippen LogP contribution in [0, 0.1) is 5.82 Å². The molecule has 0 fully saturated rings. The van der Waals surface area contributed by atoms with E-state index in [1.807, 2.05) is 12.1 Å². The average Bonchev–Trinajstić information content (AvgIpc) is 2.99. The molecule has 4 heteroatoms. The second-order valence-electron chi connectivity index (χ2n) is 5.86. The minimum atomic E-state index is -0.260. The summed E-state index contributed by atoms with van der Waals surface area (Å²) in [6.45, 7) is 2.54. The molecule has 1 aliphatic heterocycles. The monoisotopic (exact) mass is 308 g/mol. The van der Waals surface area contributed by atoms with Gasteiger partial charge in [-0.15, -0.1) is 0 Å². The van der Waals surface area contributed by atoms with E-state index >= 15 is 0 Å². The van der Waals surface area contributed by atoms with E-state index in [-0.39, 0.29) is 5.82 Å². The summed E-state index contributed by atoms with van der Waals surface area (Å²) < 4.78 is 19.5. The van der Waals surface area contributed by atoms with Crippen LogP contribution in [-0.4, -0.2) is 16.6 Å². The highest BCUT2D eigenvalue weighted by atomic mass is 19.1. The molecule has 0 spiro atoms. The lowest BCUT2D eigenvalue weighted by Crippen LogP contribution is -2.29. The molecule has 2 heterocycles. The van der Waals surface area contributed by atoms with Gasteiger partial charge in [-0.2, -0.15) is 0 Å². The van der Waals surface area contributed by atoms with E-state index < -0.39 is 0 Å². The van der Waals surface area contributed by atoms with Crippen LogP contribution in [0.3, 0.4) is 0 Å². The van der Waals surface area contributed by atoms with Crippen LogP contribution in [0.15, 0.2) is 59.1 Å². The zero-order valence-electron chi connectivity index (χ0n) is 12.7. The highest BCUT2D eigenvalue weighted by Crippen LogP contribution is 2.31. The van der Waals surface area contributed by atoms with Crippen molar-refractivity contribution in [2.45, 2.75) is 19.5 Å². The Morgan fingerprint density at radius 2 is 1.83 bits per heavy atom. The lowest BCUT2D eigenvalue weighted by atomic mass is 10.0. The molecule has 0 aliphatic carbocycles. The molecule has 0 saturated heterocycles. The molecule has 3 aromatic rings. The number of hydrogen-bond acceptors (Lipinski definition) is 3. The van der Waals surface area contributed by atoms with Gasteiger partial charge in [-0.1, -0.05) is 47.6 Å². The fraction of sp³-hybridized carbons (Fsp3) is 0.211. The Hall–Kier alpha value is -2.46. The molecule has 0 radical (unpaired) electrons. The Kier molecular flexibility index (Phi) is 3.67. The number of hydrogen-bond donors (Lipinski definition) is 0. The van der Waals surface area contributed by atoms with Crippen molar-refractivity contribution in [2.75, 3.05) is 6.54 Å². The summed E-state index contributed by atoms with van der Waals surface area (Å²) in [6.07, 6.45) is 0.809. The van der Waals surface area contributed by atoms with E-state index in [4.69, 9.17) is 4.52 Å². The van der Waals surface area contributed by atoms with Crippen molar-refractivity contribution in [1.82, 2.24) is 10.1 Å². The van der Waals surface area contributed by atoms with Crippen molar-refractivity contribution in [3.63, 3.8) is 0 Å². The number of benzene rings is 2. The Labute approximate surface area is 134 Å². The molecular weight excluding hydrogens is 291 g/mol. The highest BCUT2D eigenvalue weighted by Gasteiger charge is 2.25. The molecule has 0 saturated carbocycles. The van der Waals surface area contributed by atoms with Gasteiger partial charge in [-0.25, -0.2) is 4.39 Å². The zero-order chi connectivity index (χ0) is 15.6.